The van der Waals surface area contributed by atoms with Crippen molar-refractivity contribution in [1.29, 1.82) is 0 Å². The summed E-state index contributed by atoms with van der Waals surface area (Å²) in [4.78, 5) is 27.9. The Balaban J connectivity index is 3.23. The zero-order chi connectivity index (χ0) is 15.3. The van der Waals surface area contributed by atoms with E-state index in [9.17, 15) is 9.36 Å². The molecule has 0 fully saturated rings. The van der Waals surface area contributed by atoms with Crippen LogP contribution in [0.25, 0.3) is 0 Å². The number of hydrogen-bond acceptors (Lipinski definition) is 6. The molecule has 0 aromatic rings. The lowest BCUT2D eigenvalue weighted by atomic mass is 10.2. The molecule has 0 amide bonds. The van der Waals surface area contributed by atoms with Gasteiger partial charge in [0.25, 0.3) is 0 Å². The summed E-state index contributed by atoms with van der Waals surface area (Å²) in [6.07, 6.45) is 3.61. The van der Waals surface area contributed by atoms with E-state index in [-0.39, 0.29) is 13.2 Å². The molecule has 20 heavy (non-hydrogen) atoms. The highest BCUT2D eigenvalue weighted by Crippen LogP contribution is 2.35. The van der Waals surface area contributed by atoms with Crippen molar-refractivity contribution in [2.45, 2.75) is 38.5 Å². The fourth-order valence-electron chi connectivity index (χ4n) is 1.34. The monoisotopic (exact) mass is 313 g/mol. The van der Waals surface area contributed by atoms with Crippen molar-refractivity contribution < 1.29 is 33.1 Å². The Kier molecular flexibility index (Phi) is 11.7. The van der Waals surface area contributed by atoms with Crippen LogP contribution in [0.1, 0.15) is 38.5 Å². The molecule has 0 aromatic carbocycles. The third-order valence-electron chi connectivity index (χ3n) is 2.34. The normalized spacial score (nSPS) is 11.3. The van der Waals surface area contributed by atoms with Gasteiger partial charge in [-0.05, 0) is 38.6 Å². The number of hydrogen-bond donors (Lipinski definition) is 3. The van der Waals surface area contributed by atoms with Crippen LogP contribution in [0.5, 0.6) is 0 Å². The predicted molar refractivity (Wildman–Crippen MR) is 72.1 cm³/mol. The summed E-state index contributed by atoms with van der Waals surface area (Å²) in [6.45, 7) is 1.18. The Morgan fingerprint density at radius 3 is 1.90 bits per heavy atom. The number of phosphoric ester groups is 1. The van der Waals surface area contributed by atoms with E-state index in [1.807, 2.05) is 0 Å². The fraction of sp³-hybridized carbons (Fsp3) is 0.909. The molecule has 9 heteroatoms. The number of carbonyl (C=O) groups excluding carboxylic acids is 1. The Morgan fingerprint density at radius 1 is 0.900 bits per heavy atom. The van der Waals surface area contributed by atoms with E-state index < -0.39 is 14.0 Å². The molecule has 0 aliphatic heterocycles. The number of ether oxygens (including phenoxy) is 2. The van der Waals surface area contributed by atoms with Gasteiger partial charge in [0.1, 0.15) is 0 Å². The van der Waals surface area contributed by atoms with Crippen molar-refractivity contribution in [2.75, 3.05) is 26.4 Å². The molecule has 0 atom stereocenters. The van der Waals surface area contributed by atoms with Gasteiger partial charge in [0.15, 0.2) is 0 Å². The number of nitrogens with two attached hydrogens (primary N) is 1. The summed E-state index contributed by atoms with van der Waals surface area (Å²) in [5.41, 5.74) is 5.29. The molecule has 0 saturated carbocycles. The first-order valence-electron chi connectivity index (χ1n) is 6.65. The van der Waals surface area contributed by atoms with Crippen molar-refractivity contribution in [3.63, 3.8) is 0 Å². The molecule has 0 aromatic heterocycles. The van der Waals surface area contributed by atoms with Crippen LogP contribution in [0.2, 0.25) is 0 Å². The SMILES string of the molecule is NCCCCOC(=O)OCCCCCCOP(=O)(O)O. The van der Waals surface area contributed by atoms with E-state index in [1.54, 1.807) is 0 Å². The van der Waals surface area contributed by atoms with Crippen molar-refractivity contribution in [1.82, 2.24) is 0 Å². The molecule has 4 N–H and O–H groups in total. The zero-order valence-corrected chi connectivity index (χ0v) is 12.4. The lowest BCUT2D eigenvalue weighted by molar-refractivity contribution is 0.0530. The van der Waals surface area contributed by atoms with Crippen LogP contribution in [-0.4, -0.2) is 42.3 Å². The van der Waals surface area contributed by atoms with Crippen LogP contribution in [-0.2, 0) is 18.6 Å². The van der Waals surface area contributed by atoms with Crippen molar-refractivity contribution >= 4 is 14.0 Å². The summed E-state index contributed by atoms with van der Waals surface area (Å²) in [5, 5.41) is 0. The van der Waals surface area contributed by atoms with Gasteiger partial charge in [0.05, 0.1) is 19.8 Å². The highest BCUT2D eigenvalue weighted by atomic mass is 31.2. The van der Waals surface area contributed by atoms with Crippen molar-refractivity contribution in [3.8, 4) is 0 Å². The topological polar surface area (TPSA) is 128 Å². The maximum Gasteiger partial charge on any atom is 0.508 e. The van der Waals surface area contributed by atoms with Crippen molar-refractivity contribution in [2.24, 2.45) is 5.73 Å². The van der Waals surface area contributed by atoms with Gasteiger partial charge in [-0.15, -0.1) is 0 Å². The standard InChI is InChI=1S/C11H24NO7P/c12-7-3-6-9-18-11(13)17-8-4-1-2-5-10-19-20(14,15)16/h1-10,12H2,(H2,14,15,16). The molecule has 120 valence electrons. The van der Waals surface area contributed by atoms with Gasteiger partial charge >= 0.3 is 14.0 Å². The minimum Gasteiger partial charge on any atom is -0.434 e. The zero-order valence-electron chi connectivity index (χ0n) is 11.5. The van der Waals surface area contributed by atoms with E-state index in [1.165, 1.54) is 0 Å². The summed E-state index contributed by atoms with van der Waals surface area (Å²) in [7, 11) is -4.35. The third kappa shape index (κ3) is 15.4. The molecule has 8 nitrogen and oxygen atoms in total. The minimum atomic E-state index is -4.35. The smallest absolute Gasteiger partial charge is 0.434 e. The summed E-state index contributed by atoms with van der Waals surface area (Å²) in [6, 6.07) is 0. The van der Waals surface area contributed by atoms with Gasteiger partial charge < -0.3 is 25.0 Å². The second kappa shape index (κ2) is 12.1. The summed E-state index contributed by atoms with van der Waals surface area (Å²) in [5.74, 6) is 0. The number of phosphoric acid groups is 1. The summed E-state index contributed by atoms with van der Waals surface area (Å²) < 4.78 is 24.3. The maximum absolute atomic E-state index is 11.1. The van der Waals surface area contributed by atoms with Gasteiger partial charge in [0.2, 0.25) is 0 Å². The molecule has 0 saturated heterocycles. The second-order valence-electron chi connectivity index (χ2n) is 4.18. The Bertz CT molecular complexity index is 294. The van der Waals surface area contributed by atoms with Gasteiger partial charge in [-0.2, -0.15) is 0 Å². The Labute approximate surface area is 118 Å². The first-order chi connectivity index (χ1) is 9.45. The lowest BCUT2D eigenvalue weighted by Gasteiger charge is -2.06. The van der Waals surface area contributed by atoms with Gasteiger partial charge in [-0.3, -0.25) is 4.52 Å². The highest BCUT2D eigenvalue weighted by Gasteiger charge is 2.12. The van der Waals surface area contributed by atoms with Crippen LogP contribution in [0.15, 0.2) is 0 Å². The minimum absolute atomic E-state index is 0.0221. The molecule has 0 bridgehead atoms. The highest BCUT2D eigenvalue weighted by molar-refractivity contribution is 7.46. The summed E-state index contributed by atoms with van der Waals surface area (Å²) >= 11 is 0. The molecular formula is C11H24NO7P. The molecular weight excluding hydrogens is 289 g/mol. The van der Waals surface area contributed by atoms with E-state index in [0.29, 0.717) is 26.0 Å². The Morgan fingerprint density at radius 2 is 1.40 bits per heavy atom. The molecule has 0 unspecified atom stereocenters. The van der Waals surface area contributed by atoms with Gasteiger partial charge in [0, 0.05) is 0 Å². The number of rotatable bonds is 12. The largest absolute Gasteiger partial charge is 0.508 e. The fourth-order valence-corrected chi connectivity index (χ4v) is 1.71. The van der Waals surface area contributed by atoms with E-state index in [2.05, 4.69) is 4.52 Å². The molecule has 0 heterocycles. The first kappa shape index (κ1) is 19.3. The van der Waals surface area contributed by atoms with E-state index in [4.69, 9.17) is 25.0 Å². The molecule has 0 aliphatic carbocycles. The number of unbranched alkanes of at least 4 members (excludes halogenated alkanes) is 4. The van der Waals surface area contributed by atoms with Gasteiger partial charge in [-0.25, -0.2) is 9.36 Å². The maximum atomic E-state index is 11.1. The third-order valence-corrected chi connectivity index (χ3v) is 2.86. The quantitative estimate of drug-likeness (QED) is 0.281. The van der Waals surface area contributed by atoms with E-state index in [0.717, 1.165) is 25.7 Å². The predicted octanol–water partition coefficient (Wildman–Crippen LogP) is 1.55. The number of carbonyl (C=O) groups is 1. The lowest BCUT2D eigenvalue weighted by Crippen LogP contribution is -2.10. The molecule has 0 aliphatic rings. The molecule has 0 radical (unpaired) electrons. The van der Waals surface area contributed by atoms with Gasteiger partial charge in [-0.1, -0.05) is 6.42 Å². The average molecular weight is 313 g/mol. The van der Waals surface area contributed by atoms with Crippen LogP contribution in [0.4, 0.5) is 4.79 Å². The van der Waals surface area contributed by atoms with Crippen LogP contribution >= 0.6 is 7.82 Å². The Hall–Kier alpha value is -0.660. The van der Waals surface area contributed by atoms with E-state index >= 15 is 0 Å². The average Bonchev–Trinajstić information content (AvgIpc) is 2.36. The van der Waals surface area contributed by atoms with Crippen LogP contribution < -0.4 is 5.73 Å². The van der Waals surface area contributed by atoms with Crippen LogP contribution in [0.3, 0.4) is 0 Å². The van der Waals surface area contributed by atoms with Crippen LogP contribution in [0, 0.1) is 0 Å². The second-order valence-corrected chi connectivity index (χ2v) is 5.42. The molecule has 0 rings (SSSR count). The molecule has 0 spiro atoms. The van der Waals surface area contributed by atoms with Crippen molar-refractivity contribution in [3.05, 3.63) is 0 Å². The first-order valence-corrected chi connectivity index (χ1v) is 8.18.